The predicted octanol–water partition coefficient (Wildman–Crippen LogP) is 1.18. The first kappa shape index (κ1) is 12.7. The molecule has 0 aliphatic carbocycles. The molecule has 1 aromatic carbocycles. The monoisotopic (exact) mass is 260 g/mol. The molecule has 1 amide bonds. The summed E-state index contributed by atoms with van der Waals surface area (Å²) in [5.41, 5.74) is 1.56. The quantitative estimate of drug-likeness (QED) is 0.622. The van der Waals surface area contributed by atoms with Gasteiger partial charge in [0.25, 0.3) is 5.69 Å². The second kappa shape index (κ2) is 5.76. The maximum Gasteiger partial charge on any atom is 0.269 e. The second-order valence-corrected chi connectivity index (χ2v) is 3.95. The molecule has 0 aliphatic heterocycles. The van der Waals surface area contributed by atoms with Gasteiger partial charge in [0.1, 0.15) is 0 Å². The van der Waals surface area contributed by atoms with Crippen molar-refractivity contribution in [3.8, 4) is 0 Å². The molecular weight excluding hydrogens is 248 g/mol. The van der Waals surface area contributed by atoms with Crippen molar-refractivity contribution >= 4 is 11.6 Å². The molecule has 0 unspecified atom stereocenters. The fraction of sp³-hybridized carbons (Fsp3) is 0.167. The van der Waals surface area contributed by atoms with E-state index in [0.717, 1.165) is 11.3 Å². The lowest BCUT2D eigenvalue weighted by Gasteiger charge is -2.03. The number of imidazole rings is 1. The second-order valence-electron chi connectivity index (χ2n) is 3.95. The van der Waals surface area contributed by atoms with Crippen molar-refractivity contribution in [1.29, 1.82) is 0 Å². The number of nitro benzene ring substituents is 1. The van der Waals surface area contributed by atoms with E-state index in [9.17, 15) is 14.9 Å². The zero-order valence-corrected chi connectivity index (χ0v) is 10.00. The van der Waals surface area contributed by atoms with Crippen molar-refractivity contribution in [2.75, 3.05) is 0 Å². The first-order valence-corrected chi connectivity index (χ1v) is 5.62. The van der Waals surface area contributed by atoms with E-state index in [0.29, 0.717) is 6.54 Å². The zero-order valence-electron chi connectivity index (χ0n) is 10.00. The van der Waals surface area contributed by atoms with E-state index < -0.39 is 4.92 Å². The molecule has 2 aromatic rings. The van der Waals surface area contributed by atoms with Crippen LogP contribution in [0.1, 0.15) is 11.3 Å². The van der Waals surface area contributed by atoms with Gasteiger partial charge in [-0.3, -0.25) is 14.9 Å². The highest BCUT2D eigenvalue weighted by Gasteiger charge is 2.07. The molecule has 98 valence electrons. The average molecular weight is 260 g/mol. The van der Waals surface area contributed by atoms with Crippen LogP contribution in [0.25, 0.3) is 0 Å². The third kappa shape index (κ3) is 3.63. The number of aromatic amines is 1. The highest BCUT2D eigenvalue weighted by molar-refractivity contribution is 5.78. The van der Waals surface area contributed by atoms with Gasteiger partial charge in [-0.2, -0.15) is 0 Å². The molecule has 0 bridgehead atoms. The molecule has 1 aromatic heterocycles. The van der Waals surface area contributed by atoms with Crippen LogP contribution in [-0.4, -0.2) is 20.8 Å². The predicted molar refractivity (Wildman–Crippen MR) is 67.2 cm³/mol. The molecule has 0 atom stereocenters. The van der Waals surface area contributed by atoms with Gasteiger partial charge in [-0.1, -0.05) is 12.1 Å². The number of H-pyrrole nitrogens is 1. The zero-order chi connectivity index (χ0) is 13.7. The highest BCUT2D eigenvalue weighted by atomic mass is 16.6. The van der Waals surface area contributed by atoms with Gasteiger partial charge >= 0.3 is 0 Å². The number of rotatable bonds is 5. The lowest BCUT2D eigenvalue weighted by molar-refractivity contribution is -0.384. The summed E-state index contributed by atoms with van der Waals surface area (Å²) in [5, 5.41) is 13.2. The molecule has 2 rings (SSSR count). The standard InChI is InChI=1S/C12H12N4O3/c17-12(14-7-10-6-13-8-15-10)5-9-1-3-11(4-2-9)16(18)19/h1-4,6,8H,5,7H2,(H,13,15)(H,14,17). The third-order valence-corrected chi connectivity index (χ3v) is 2.54. The maximum atomic E-state index is 11.6. The van der Waals surface area contributed by atoms with Gasteiger partial charge in [0.2, 0.25) is 5.91 Å². The van der Waals surface area contributed by atoms with Crippen LogP contribution in [0.2, 0.25) is 0 Å². The molecule has 0 aliphatic rings. The SMILES string of the molecule is O=C(Cc1ccc([N+](=O)[O-])cc1)NCc1cnc[nH]1. The van der Waals surface area contributed by atoms with E-state index in [1.807, 2.05) is 0 Å². The number of aromatic nitrogens is 2. The summed E-state index contributed by atoms with van der Waals surface area (Å²) in [4.78, 5) is 28.4. The molecule has 0 saturated heterocycles. The van der Waals surface area contributed by atoms with Gasteiger partial charge in [-0.25, -0.2) is 4.98 Å². The summed E-state index contributed by atoms with van der Waals surface area (Å²) in [5.74, 6) is -0.150. The first-order valence-electron chi connectivity index (χ1n) is 5.62. The van der Waals surface area contributed by atoms with Crippen LogP contribution in [0.15, 0.2) is 36.8 Å². The number of non-ortho nitro benzene ring substituents is 1. The van der Waals surface area contributed by atoms with E-state index >= 15 is 0 Å². The molecule has 0 radical (unpaired) electrons. The lowest BCUT2D eigenvalue weighted by atomic mass is 10.1. The Morgan fingerprint density at radius 3 is 2.68 bits per heavy atom. The molecular formula is C12H12N4O3. The normalized spacial score (nSPS) is 10.1. The number of nitro groups is 1. The summed E-state index contributed by atoms with van der Waals surface area (Å²) >= 11 is 0. The van der Waals surface area contributed by atoms with Gasteiger partial charge in [0, 0.05) is 18.3 Å². The Hall–Kier alpha value is -2.70. The summed E-state index contributed by atoms with van der Waals surface area (Å²) in [7, 11) is 0. The lowest BCUT2D eigenvalue weighted by Crippen LogP contribution is -2.24. The Labute approximate surface area is 108 Å². The molecule has 0 spiro atoms. The van der Waals surface area contributed by atoms with Gasteiger partial charge in [-0.15, -0.1) is 0 Å². The van der Waals surface area contributed by atoms with E-state index in [4.69, 9.17) is 0 Å². The molecule has 7 heteroatoms. The Morgan fingerprint density at radius 2 is 2.11 bits per heavy atom. The average Bonchev–Trinajstić information content (AvgIpc) is 2.90. The summed E-state index contributed by atoms with van der Waals surface area (Å²) in [6.45, 7) is 0.381. The summed E-state index contributed by atoms with van der Waals surface area (Å²) in [6, 6.07) is 5.93. The van der Waals surface area contributed by atoms with E-state index in [1.54, 1.807) is 18.3 Å². The Bertz CT molecular complexity index is 563. The smallest absolute Gasteiger partial charge is 0.269 e. The van der Waals surface area contributed by atoms with Crippen LogP contribution in [-0.2, 0) is 17.8 Å². The fourth-order valence-corrected chi connectivity index (χ4v) is 1.56. The number of carbonyl (C=O) groups excluding carboxylic acids is 1. The number of amides is 1. The number of nitrogens with one attached hydrogen (secondary N) is 2. The van der Waals surface area contributed by atoms with E-state index in [1.165, 1.54) is 18.5 Å². The minimum absolute atomic E-state index is 0.0154. The number of benzene rings is 1. The molecule has 2 N–H and O–H groups in total. The molecule has 0 fully saturated rings. The topological polar surface area (TPSA) is 101 Å². The van der Waals surface area contributed by atoms with Gasteiger partial charge in [0.15, 0.2) is 0 Å². The van der Waals surface area contributed by atoms with Crippen LogP contribution in [0.4, 0.5) is 5.69 Å². The third-order valence-electron chi connectivity index (χ3n) is 2.54. The number of carbonyl (C=O) groups is 1. The minimum Gasteiger partial charge on any atom is -0.350 e. The Morgan fingerprint density at radius 1 is 1.37 bits per heavy atom. The minimum atomic E-state index is -0.470. The number of hydrogen-bond donors (Lipinski definition) is 2. The molecule has 1 heterocycles. The van der Waals surface area contributed by atoms with Crippen molar-refractivity contribution < 1.29 is 9.72 Å². The van der Waals surface area contributed by atoms with Crippen LogP contribution >= 0.6 is 0 Å². The van der Waals surface area contributed by atoms with Gasteiger partial charge in [-0.05, 0) is 5.56 Å². The van der Waals surface area contributed by atoms with E-state index in [2.05, 4.69) is 15.3 Å². The van der Waals surface area contributed by atoms with Crippen molar-refractivity contribution in [3.05, 3.63) is 58.2 Å². The highest BCUT2D eigenvalue weighted by Crippen LogP contribution is 2.12. The van der Waals surface area contributed by atoms with Crippen LogP contribution < -0.4 is 5.32 Å². The van der Waals surface area contributed by atoms with Crippen molar-refractivity contribution in [2.24, 2.45) is 0 Å². The van der Waals surface area contributed by atoms with Crippen LogP contribution in [0.3, 0.4) is 0 Å². The number of hydrogen-bond acceptors (Lipinski definition) is 4. The number of nitrogens with zero attached hydrogens (tertiary/aromatic N) is 2. The Kier molecular flexibility index (Phi) is 3.87. The molecule has 0 saturated carbocycles. The van der Waals surface area contributed by atoms with Crippen molar-refractivity contribution in [3.63, 3.8) is 0 Å². The Balaban J connectivity index is 1.86. The first-order chi connectivity index (χ1) is 9.15. The van der Waals surface area contributed by atoms with Crippen LogP contribution in [0, 0.1) is 10.1 Å². The van der Waals surface area contributed by atoms with Crippen molar-refractivity contribution in [1.82, 2.24) is 15.3 Å². The van der Waals surface area contributed by atoms with Gasteiger partial charge < -0.3 is 10.3 Å². The van der Waals surface area contributed by atoms with E-state index in [-0.39, 0.29) is 18.0 Å². The van der Waals surface area contributed by atoms with Gasteiger partial charge in [0.05, 0.1) is 29.9 Å². The fourth-order valence-electron chi connectivity index (χ4n) is 1.56. The molecule has 19 heavy (non-hydrogen) atoms. The molecule has 7 nitrogen and oxygen atoms in total. The van der Waals surface area contributed by atoms with Crippen molar-refractivity contribution in [2.45, 2.75) is 13.0 Å². The summed E-state index contributed by atoms with van der Waals surface area (Å²) in [6.07, 6.45) is 3.36. The summed E-state index contributed by atoms with van der Waals surface area (Å²) < 4.78 is 0. The van der Waals surface area contributed by atoms with Crippen LogP contribution in [0.5, 0.6) is 0 Å². The maximum absolute atomic E-state index is 11.6. The largest absolute Gasteiger partial charge is 0.350 e.